The number of halogens is 1. The monoisotopic (exact) mass is 473 g/mol. The number of nitrogens with one attached hydrogen (secondary N) is 1. The average Bonchev–Trinajstić information content (AvgIpc) is 3.00. The SMILES string of the molecule is C=CCc1cc(/C=C2\SC(=O)NC2=O)cc(OCC)c1OCc1ccc(Br)cc1. The van der Waals surface area contributed by atoms with E-state index in [0.29, 0.717) is 36.0 Å². The minimum Gasteiger partial charge on any atom is -0.490 e. The van der Waals surface area contributed by atoms with Gasteiger partial charge in [-0.1, -0.05) is 34.1 Å². The number of benzene rings is 2. The van der Waals surface area contributed by atoms with Crippen molar-refractivity contribution in [3.63, 3.8) is 0 Å². The summed E-state index contributed by atoms with van der Waals surface area (Å²) < 4.78 is 12.9. The molecule has 1 aliphatic heterocycles. The summed E-state index contributed by atoms with van der Waals surface area (Å²) in [6.07, 6.45) is 4.04. The highest BCUT2D eigenvalue weighted by atomic mass is 79.9. The molecule has 1 aliphatic rings. The van der Waals surface area contributed by atoms with Crippen molar-refractivity contribution in [3.8, 4) is 11.5 Å². The van der Waals surface area contributed by atoms with Crippen LogP contribution < -0.4 is 14.8 Å². The zero-order valence-corrected chi connectivity index (χ0v) is 18.3. The predicted molar refractivity (Wildman–Crippen MR) is 119 cm³/mol. The van der Waals surface area contributed by atoms with Gasteiger partial charge in [-0.05, 0) is 66.6 Å². The summed E-state index contributed by atoms with van der Waals surface area (Å²) in [5.41, 5.74) is 2.68. The lowest BCUT2D eigenvalue weighted by Crippen LogP contribution is -2.17. The molecular formula is C22H20BrNO4S. The minimum atomic E-state index is -0.390. The molecule has 1 N–H and O–H groups in total. The molecule has 2 amide bonds. The predicted octanol–water partition coefficient (Wildman–Crippen LogP) is 5.48. The highest BCUT2D eigenvalue weighted by Gasteiger charge is 2.25. The smallest absolute Gasteiger partial charge is 0.290 e. The number of imide groups is 1. The van der Waals surface area contributed by atoms with E-state index in [9.17, 15) is 9.59 Å². The van der Waals surface area contributed by atoms with Crippen LogP contribution in [0.25, 0.3) is 6.08 Å². The van der Waals surface area contributed by atoms with Crippen LogP contribution in [0.15, 0.2) is 58.4 Å². The van der Waals surface area contributed by atoms with Gasteiger partial charge in [-0.3, -0.25) is 14.9 Å². The van der Waals surface area contributed by atoms with Crippen LogP contribution in [0.1, 0.15) is 23.6 Å². The Morgan fingerprint density at radius 1 is 1.17 bits per heavy atom. The van der Waals surface area contributed by atoms with Gasteiger partial charge >= 0.3 is 0 Å². The van der Waals surface area contributed by atoms with Gasteiger partial charge in [0.15, 0.2) is 11.5 Å². The summed E-state index contributed by atoms with van der Waals surface area (Å²) in [5.74, 6) is 0.848. The van der Waals surface area contributed by atoms with Crippen LogP contribution in [0.3, 0.4) is 0 Å². The summed E-state index contributed by atoms with van der Waals surface area (Å²) in [6.45, 7) is 6.59. The molecule has 150 valence electrons. The molecule has 0 aliphatic carbocycles. The minimum absolute atomic E-state index is 0.352. The standard InChI is InChI=1S/C22H20BrNO4S/c1-3-5-16-10-15(12-19-21(25)24-22(26)29-19)11-18(27-4-2)20(16)28-13-14-6-8-17(23)9-7-14/h3,6-12H,1,4-5,13H2,2H3,(H,24,25,26)/b19-12-. The van der Waals surface area contributed by atoms with E-state index in [1.807, 2.05) is 43.3 Å². The molecule has 0 saturated carbocycles. The van der Waals surface area contributed by atoms with Crippen LogP contribution in [-0.2, 0) is 17.8 Å². The summed E-state index contributed by atoms with van der Waals surface area (Å²) in [5, 5.41) is 1.89. The van der Waals surface area contributed by atoms with E-state index in [0.717, 1.165) is 32.9 Å². The molecule has 0 radical (unpaired) electrons. The molecule has 1 saturated heterocycles. The number of carbonyl (C=O) groups is 2. The topological polar surface area (TPSA) is 64.6 Å². The number of rotatable bonds is 8. The fraction of sp³-hybridized carbons (Fsp3) is 0.182. The molecule has 2 aromatic carbocycles. The molecule has 29 heavy (non-hydrogen) atoms. The maximum absolute atomic E-state index is 11.9. The van der Waals surface area contributed by atoms with Gasteiger partial charge in [0, 0.05) is 10.0 Å². The Labute approximate surface area is 182 Å². The second-order valence-electron chi connectivity index (χ2n) is 6.20. The fourth-order valence-corrected chi connectivity index (χ4v) is 3.76. The molecule has 0 unspecified atom stereocenters. The van der Waals surface area contributed by atoms with Gasteiger partial charge in [-0.25, -0.2) is 0 Å². The van der Waals surface area contributed by atoms with E-state index in [1.165, 1.54) is 0 Å². The molecule has 1 fully saturated rings. The van der Waals surface area contributed by atoms with E-state index in [-0.39, 0.29) is 5.24 Å². The largest absolute Gasteiger partial charge is 0.490 e. The van der Waals surface area contributed by atoms with E-state index in [1.54, 1.807) is 12.2 Å². The summed E-state index contributed by atoms with van der Waals surface area (Å²) >= 11 is 4.31. The highest BCUT2D eigenvalue weighted by molar-refractivity contribution is 9.10. The second kappa shape index (κ2) is 9.80. The number of allylic oxidation sites excluding steroid dienone is 1. The third kappa shape index (κ3) is 5.52. The lowest BCUT2D eigenvalue weighted by Gasteiger charge is -2.17. The Hall–Kier alpha value is -2.51. The van der Waals surface area contributed by atoms with Gasteiger partial charge < -0.3 is 9.47 Å². The number of hydrogen-bond acceptors (Lipinski definition) is 5. The molecule has 0 aromatic heterocycles. The van der Waals surface area contributed by atoms with Crippen LogP contribution in [0.2, 0.25) is 0 Å². The lowest BCUT2D eigenvalue weighted by molar-refractivity contribution is -0.115. The number of amides is 2. The van der Waals surface area contributed by atoms with Gasteiger partial charge in [-0.2, -0.15) is 0 Å². The van der Waals surface area contributed by atoms with E-state index < -0.39 is 5.91 Å². The van der Waals surface area contributed by atoms with Crippen molar-refractivity contribution in [1.82, 2.24) is 5.32 Å². The Morgan fingerprint density at radius 3 is 2.55 bits per heavy atom. The van der Waals surface area contributed by atoms with Crippen molar-refractivity contribution < 1.29 is 19.1 Å². The third-order valence-corrected chi connectivity index (χ3v) is 5.39. The maximum Gasteiger partial charge on any atom is 0.290 e. The van der Waals surface area contributed by atoms with E-state index in [4.69, 9.17) is 9.47 Å². The first-order valence-corrected chi connectivity index (χ1v) is 10.6. The van der Waals surface area contributed by atoms with Crippen molar-refractivity contribution in [2.24, 2.45) is 0 Å². The first kappa shape index (κ1) is 21.2. The molecule has 3 rings (SSSR count). The van der Waals surface area contributed by atoms with Gasteiger partial charge in [0.1, 0.15) is 6.61 Å². The molecule has 5 nitrogen and oxygen atoms in total. The van der Waals surface area contributed by atoms with Crippen LogP contribution in [0, 0.1) is 0 Å². The molecule has 2 aromatic rings. The fourth-order valence-electron chi connectivity index (χ4n) is 2.81. The first-order valence-electron chi connectivity index (χ1n) is 9.03. The quantitative estimate of drug-likeness (QED) is 0.406. The molecule has 0 bridgehead atoms. The zero-order valence-electron chi connectivity index (χ0n) is 15.9. The highest BCUT2D eigenvalue weighted by Crippen LogP contribution is 2.36. The number of carbonyl (C=O) groups excluding carboxylic acids is 2. The lowest BCUT2D eigenvalue weighted by atomic mass is 10.0. The van der Waals surface area contributed by atoms with E-state index in [2.05, 4.69) is 27.8 Å². The number of thioether (sulfide) groups is 1. The van der Waals surface area contributed by atoms with Crippen molar-refractivity contribution in [2.45, 2.75) is 20.0 Å². The number of ether oxygens (including phenoxy) is 2. The normalized spacial score (nSPS) is 14.8. The van der Waals surface area contributed by atoms with Crippen molar-refractivity contribution in [1.29, 1.82) is 0 Å². The van der Waals surface area contributed by atoms with Gasteiger partial charge in [0.25, 0.3) is 11.1 Å². The first-order chi connectivity index (χ1) is 14.0. The molecule has 0 atom stereocenters. The molecule has 0 spiro atoms. The van der Waals surface area contributed by atoms with Crippen molar-refractivity contribution in [3.05, 3.63) is 75.1 Å². The molecule has 1 heterocycles. The Balaban J connectivity index is 1.94. The maximum atomic E-state index is 11.9. The van der Waals surface area contributed by atoms with Crippen molar-refractivity contribution >= 4 is 44.9 Å². The summed E-state index contributed by atoms with van der Waals surface area (Å²) in [4.78, 5) is 23.6. The Morgan fingerprint density at radius 2 is 1.93 bits per heavy atom. The summed E-state index contributed by atoms with van der Waals surface area (Å²) in [7, 11) is 0. The van der Waals surface area contributed by atoms with Gasteiger partial charge in [-0.15, -0.1) is 6.58 Å². The van der Waals surface area contributed by atoms with Crippen LogP contribution in [-0.4, -0.2) is 17.8 Å². The average molecular weight is 474 g/mol. The number of hydrogen-bond donors (Lipinski definition) is 1. The third-order valence-electron chi connectivity index (χ3n) is 4.05. The molecule has 7 heteroatoms. The summed E-state index contributed by atoms with van der Waals surface area (Å²) in [6, 6.07) is 11.6. The zero-order chi connectivity index (χ0) is 20.8. The van der Waals surface area contributed by atoms with E-state index >= 15 is 0 Å². The van der Waals surface area contributed by atoms with Gasteiger partial charge in [0.05, 0.1) is 11.5 Å². The Kier molecular flexibility index (Phi) is 7.17. The molecular weight excluding hydrogens is 454 g/mol. The second-order valence-corrected chi connectivity index (χ2v) is 8.13. The van der Waals surface area contributed by atoms with Crippen LogP contribution in [0.4, 0.5) is 4.79 Å². The van der Waals surface area contributed by atoms with Crippen molar-refractivity contribution in [2.75, 3.05) is 6.61 Å². The van der Waals surface area contributed by atoms with Crippen LogP contribution in [0.5, 0.6) is 11.5 Å². The Bertz CT molecular complexity index is 970. The van der Waals surface area contributed by atoms with Crippen LogP contribution >= 0.6 is 27.7 Å². The van der Waals surface area contributed by atoms with Gasteiger partial charge in [0.2, 0.25) is 0 Å².